The van der Waals surface area contributed by atoms with Gasteiger partial charge in [-0.05, 0) is 26.7 Å². The van der Waals surface area contributed by atoms with Crippen LogP contribution in [0.25, 0.3) is 0 Å². The van der Waals surface area contributed by atoms with Crippen LogP contribution in [0.4, 0.5) is 0 Å². The second-order valence-corrected chi connectivity index (χ2v) is 4.28. The predicted octanol–water partition coefficient (Wildman–Crippen LogP) is 1.10. The Morgan fingerprint density at radius 3 is 2.27 bits per heavy atom. The lowest BCUT2D eigenvalue weighted by atomic mass is 9.95. The maximum Gasteiger partial charge on any atom is 0.0783 e. The molecule has 0 aromatic rings. The van der Waals surface area contributed by atoms with Gasteiger partial charge in [0.15, 0.2) is 0 Å². The number of rotatable bonds is 1. The quantitative estimate of drug-likeness (QED) is 0.616. The maximum atomic E-state index is 9.84. The highest BCUT2D eigenvalue weighted by molar-refractivity contribution is 4.92. The Kier molecular flexibility index (Phi) is 2.26. The second kappa shape index (κ2) is 2.76. The zero-order valence-corrected chi connectivity index (χ0v) is 7.96. The molecule has 0 aliphatic carbocycles. The van der Waals surface area contributed by atoms with Gasteiger partial charge in [-0.3, -0.25) is 4.90 Å². The van der Waals surface area contributed by atoms with Crippen LogP contribution in [-0.4, -0.2) is 34.7 Å². The first-order chi connectivity index (χ1) is 4.93. The van der Waals surface area contributed by atoms with Crippen molar-refractivity contribution in [1.82, 2.24) is 4.90 Å². The molecule has 1 heterocycles. The summed E-state index contributed by atoms with van der Waals surface area (Å²) < 4.78 is 0. The molecular weight excluding hydrogens is 138 g/mol. The molecule has 0 spiro atoms. The van der Waals surface area contributed by atoms with Crippen molar-refractivity contribution in [2.75, 3.05) is 13.1 Å². The Labute approximate surface area is 69.2 Å². The van der Waals surface area contributed by atoms with Crippen LogP contribution in [-0.2, 0) is 0 Å². The van der Waals surface area contributed by atoms with E-state index < -0.39 is 5.60 Å². The van der Waals surface area contributed by atoms with E-state index in [1.165, 1.54) is 0 Å². The van der Waals surface area contributed by atoms with Crippen molar-refractivity contribution in [2.45, 2.75) is 39.3 Å². The van der Waals surface area contributed by atoms with Crippen molar-refractivity contribution in [3.05, 3.63) is 0 Å². The third kappa shape index (κ3) is 1.74. The Morgan fingerprint density at radius 1 is 1.55 bits per heavy atom. The highest BCUT2D eigenvalue weighted by Crippen LogP contribution is 2.27. The fourth-order valence-electron chi connectivity index (χ4n) is 1.57. The van der Waals surface area contributed by atoms with Gasteiger partial charge in [0.25, 0.3) is 0 Å². The molecule has 1 saturated heterocycles. The van der Waals surface area contributed by atoms with Gasteiger partial charge in [0.2, 0.25) is 0 Å². The van der Waals surface area contributed by atoms with E-state index in [9.17, 15) is 5.11 Å². The summed E-state index contributed by atoms with van der Waals surface area (Å²) in [5.41, 5.74) is -0.468. The molecule has 1 fully saturated rings. The van der Waals surface area contributed by atoms with Crippen molar-refractivity contribution < 1.29 is 5.11 Å². The molecule has 0 saturated carbocycles. The van der Waals surface area contributed by atoms with E-state index in [4.69, 9.17) is 0 Å². The topological polar surface area (TPSA) is 23.5 Å². The SMILES string of the molecule is CC(C)N1CC(C)C(C)(O)C1. The first kappa shape index (κ1) is 9.01. The summed E-state index contributed by atoms with van der Waals surface area (Å²) in [6, 6.07) is 0.562. The summed E-state index contributed by atoms with van der Waals surface area (Å²) in [7, 11) is 0. The summed E-state index contributed by atoms with van der Waals surface area (Å²) in [5, 5.41) is 9.84. The van der Waals surface area contributed by atoms with E-state index in [1.54, 1.807) is 0 Å². The number of hydrogen-bond donors (Lipinski definition) is 1. The van der Waals surface area contributed by atoms with Gasteiger partial charge in [-0.15, -0.1) is 0 Å². The number of hydrogen-bond acceptors (Lipinski definition) is 2. The predicted molar refractivity (Wildman–Crippen MR) is 46.5 cm³/mol. The van der Waals surface area contributed by atoms with Crippen LogP contribution in [0.15, 0.2) is 0 Å². The monoisotopic (exact) mass is 157 g/mol. The van der Waals surface area contributed by atoms with E-state index >= 15 is 0 Å². The van der Waals surface area contributed by atoms with E-state index in [-0.39, 0.29) is 0 Å². The maximum absolute atomic E-state index is 9.84. The average molecular weight is 157 g/mol. The van der Waals surface area contributed by atoms with Crippen LogP contribution in [0, 0.1) is 5.92 Å². The highest BCUT2D eigenvalue weighted by Gasteiger charge is 2.38. The molecule has 1 N–H and O–H groups in total. The molecule has 2 heteroatoms. The third-order valence-corrected chi connectivity index (χ3v) is 2.82. The Balaban J connectivity index is 2.57. The van der Waals surface area contributed by atoms with Gasteiger partial charge in [-0.2, -0.15) is 0 Å². The van der Waals surface area contributed by atoms with Crippen LogP contribution in [0.3, 0.4) is 0 Å². The molecule has 66 valence electrons. The minimum atomic E-state index is -0.468. The van der Waals surface area contributed by atoms with E-state index in [1.807, 2.05) is 6.92 Å². The van der Waals surface area contributed by atoms with Crippen molar-refractivity contribution in [3.8, 4) is 0 Å². The number of β-amino-alcohol motifs (C(OH)–C–C–N with tert-alkyl or cyclic N) is 1. The first-order valence-corrected chi connectivity index (χ1v) is 4.40. The molecule has 2 atom stereocenters. The fraction of sp³-hybridized carbons (Fsp3) is 1.00. The van der Waals surface area contributed by atoms with E-state index in [0.717, 1.165) is 13.1 Å². The zero-order valence-electron chi connectivity index (χ0n) is 7.96. The lowest BCUT2D eigenvalue weighted by Gasteiger charge is -2.22. The van der Waals surface area contributed by atoms with Crippen molar-refractivity contribution in [1.29, 1.82) is 0 Å². The molecule has 1 rings (SSSR count). The van der Waals surface area contributed by atoms with Gasteiger partial charge >= 0.3 is 0 Å². The molecule has 11 heavy (non-hydrogen) atoms. The second-order valence-electron chi connectivity index (χ2n) is 4.28. The summed E-state index contributed by atoms with van der Waals surface area (Å²) in [5.74, 6) is 0.407. The lowest BCUT2D eigenvalue weighted by molar-refractivity contribution is 0.0349. The van der Waals surface area contributed by atoms with E-state index in [2.05, 4.69) is 25.7 Å². The molecule has 0 aromatic heterocycles. The van der Waals surface area contributed by atoms with Crippen molar-refractivity contribution in [3.63, 3.8) is 0 Å². The van der Waals surface area contributed by atoms with Gasteiger partial charge in [0, 0.05) is 19.1 Å². The van der Waals surface area contributed by atoms with Gasteiger partial charge in [-0.1, -0.05) is 6.92 Å². The van der Waals surface area contributed by atoms with Gasteiger partial charge in [0.05, 0.1) is 5.60 Å². The number of nitrogens with zero attached hydrogens (tertiary/aromatic N) is 1. The van der Waals surface area contributed by atoms with Gasteiger partial charge < -0.3 is 5.11 Å². The molecule has 0 amide bonds. The summed E-state index contributed by atoms with van der Waals surface area (Å²) in [6.07, 6.45) is 0. The summed E-state index contributed by atoms with van der Waals surface area (Å²) in [6.45, 7) is 10.3. The molecular formula is C9H19NO. The van der Waals surface area contributed by atoms with Gasteiger partial charge in [-0.25, -0.2) is 0 Å². The first-order valence-electron chi connectivity index (χ1n) is 4.40. The van der Waals surface area contributed by atoms with Crippen LogP contribution < -0.4 is 0 Å². The molecule has 2 unspecified atom stereocenters. The standard InChI is InChI=1S/C9H19NO/c1-7(2)10-5-8(3)9(4,11)6-10/h7-8,11H,5-6H2,1-4H3. The number of likely N-dealkylation sites (tertiary alicyclic amines) is 1. The van der Waals surface area contributed by atoms with Crippen LogP contribution in [0.2, 0.25) is 0 Å². The minimum absolute atomic E-state index is 0.407. The molecule has 1 aliphatic rings. The zero-order chi connectivity index (χ0) is 8.65. The largest absolute Gasteiger partial charge is 0.389 e. The average Bonchev–Trinajstić information content (AvgIpc) is 2.08. The molecule has 0 bridgehead atoms. The number of aliphatic hydroxyl groups is 1. The van der Waals surface area contributed by atoms with E-state index in [0.29, 0.717) is 12.0 Å². The van der Waals surface area contributed by atoms with Crippen molar-refractivity contribution in [2.24, 2.45) is 5.92 Å². The Morgan fingerprint density at radius 2 is 2.09 bits per heavy atom. The molecule has 2 nitrogen and oxygen atoms in total. The van der Waals surface area contributed by atoms with Crippen LogP contribution >= 0.6 is 0 Å². The summed E-state index contributed by atoms with van der Waals surface area (Å²) >= 11 is 0. The smallest absolute Gasteiger partial charge is 0.0783 e. The fourth-order valence-corrected chi connectivity index (χ4v) is 1.57. The highest BCUT2D eigenvalue weighted by atomic mass is 16.3. The Bertz CT molecular complexity index is 142. The van der Waals surface area contributed by atoms with Crippen LogP contribution in [0.1, 0.15) is 27.7 Å². The lowest BCUT2D eigenvalue weighted by Crippen LogP contribution is -2.35. The van der Waals surface area contributed by atoms with Crippen molar-refractivity contribution >= 4 is 0 Å². The molecule has 0 aromatic carbocycles. The van der Waals surface area contributed by atoms with Crippen LogP contribution in [0.5, 0.6) is 0 Å². The minimum Gasteiger partial charge on any atom is -0.389 e. The van der Waals surface area contributed by atoms with Gasteiger partial charge in [0.1, 0.15) is 0 Å². The molecule has 1 aliphatic heterocycles. The summed E-state index contributed by atoms with van der Waals surface area (Å²) in [4.78, 5) is 2.32. The molecule has 0 radical (unpaired) electrons. The normalized spacial score (nSPS) is 40.4. The third-order valence-electron chi connectivity index (χ3n) is 2.82. The Hall–Kier alpha value is -0.0800.